The second kappa shape index (κ2) is 5.38. The number of ether oxygens (including phenoxy) is 3. The molecule has 1 aromatic rings. The minimum absolute atomic E-state index is 0.313. The van der Waals surface area contributed by atoms with Crippen LogP contribution in [0.3, 0.4) is 0 Å². The highest BCUT2D eigenvalue weighted by atomic mass is 16.5. The van der Waals surface area contributed by atoms with E-state index in [1.54, 1.807) is 14.2 Å². The second-order valence-electron chi connectivity index (χ2n) is 4.29. The van der Waals surface area contributed by atoms with Crippen molar-refractivity contribution in [2.45, 2.75) is 5.92 Å². The topological polar surface area (TPSA) is 53.7 Å². The molecular formula is C13H19NO3. The van der Waals surface area contributed by atoms with E-state index in [9.17, 15) is 0 Å². The summed E-state index contributed by atoms with van der Waals surface area (Å²) in [7, 11) is 3.31. The van der Waals surface area contributed by atoms with Gasteiger partial charge >= 0.3 is 0 Å². The molecule has 1 heterocycles. The molecule has 0 saturated carbocycles. The van der Waals surface area contributed by atoms with Crippen molar-refractivity contribution in [2.24, 2.45) is 11.7 Å². The summed E-state index contributed by atoms with van der Waals surface area (Å²) in [5.41, 5.74) is 7.02. The predicted molar refractivity (Wildman–Crippen MR) is 65.7 cm³/mol. The van der Waals surface area contributed by atoms with Crippen molar-refractivity contribution in [1.82, 2.24) is 0 Å². The molecule has 0 bridgehead atoms. The van der Waals surface area contributed by atoms with Crippen LogP contribution in [-0.4, -0.2) is 34.0 Å². The summed E-state index contributed by atoms with van der Waals surface area (Å²) >= 11 is 0. The molecule has 4 nitrogen and oxygen atoms in total. The fraction of sp³-hybridized carbons (Fsp3) is 0.538. The van der Waals surface area contributed by atoms with Gasteiger partial charge in [0.1, 0.15) is 11.5 Å². The van der Waals surface area contributed by atoms with Crippen LogP contribution in [0.2, 0.25) is 0 Å². The van der Waals surface area contributed by atoms with E-state index in [1.807, 2.05) is 18.2 Å². The van der Waals surface area contributed by atoms with Crippen molar-refractivity contribution < 1.29 is 14.2 Å². The van der Waals surface area contributed by atoms with Crippen LogP contribution in [0.5, 0.6) is 11.5 Å². The zero-order valence-electron chi connectivity index (χ0n) is 10.3. The first kappa shape index (κ1) is 12.2. The van der Waals surface area contributed by atoms with E-state index in [0.29, 0.717) is 18.4 Å². The first-order chi connectivity index (χ1) is 8.28. The Morgan fingerprint density at radius 3 is 2.18 bits per heavy atom. The van der Waals surface area contributed by atoms with Crippen LogP contribution in [-0.2, 0) is 4.74 Å². The first-order valence-corrected chi connectivity index (χ1v) is 5.79. The third-order valence-electron chi connectivity index (χ3n) is 3.29. The Labute approximate surface area is 102 Å². The molecule has 4 heteroatoms. The van der Waals surface area contributed by atoms with E-state index in [4.69, 9.17) is 19.9 Å². The normalized spacial score (nSPS) is 17.4. The lowest BCUT2D eigenvalue weighted by Gasteiger charge is -2.33. The lowest BCUT2D eigenvalue weighted by Crippen LogP contribution is -2.36. The molecule has 1 aliphatic heterocycles. The Bertz CT molecular complexity index is 355. The molecule has 1 aromatic carbocycles. The lowest BCUT2D eigenvalue weighted by molar-refractivity contribution is -0.0437. The summed E-state index contributed by atoms with van der Waals surface area (Å²) in [6.07, 6.45) is 0. The average molecular weight is 237 g/mol. The summed E-state index contributed by atoms with van der Waals surface area (Å²) in [4.78, 5) is 0. The van der Waals surface area contributed by atoms with E-state index >= 15 is 0 Å². The standard InChI is InChI=1S/C13H19NO3/c1-15-11-3-9(4-12(5-11)16-2)13(6-14)10-7-17-8-10/h3-5,10,13H,6-8,14H2,1-2H3. The number of methoxy groups -OCH3 is 2. The molecule has 0 radical (unpaired) electrons. The van der Waals surface area contributed by atoms with E-state index in [2.05, 4.69) is 0 Å². The van der Waals surface area contributed by atoms with Crippen LogP contribution in [0.4, 0.5) is 0 Å². The molecule has 1 unspecified atom stereocenters. The molecule has 1 saturated heterocycles. The Balaban J connectivity index is 2.27. The van der Waals surface area contributed by atoms with Crippen molar-refractivity contribution in [2.75, 3.05) is 34.0 Å². The van der Waals surface area contributed by atoms with Crippen LogP contribution < -0.4 is 15.2 Å². The molecule has 1 aliphatic rings. The molecular weight excluding hydrogens is 218 g/mol. The van der Waals surface area contributed by atoms with Crippen molar-refractivity contribution in [3.63, 3.8) is 0 Å². The maximum Gasteiger partial charge on any atom is 0.122 e. The summed E-state index contributed by atoms with van der Waals surface area (Å²) in [5.74, 6) is 2.43. The second-order valence-corrected chi connectivity index (χ2v) is 4.29. The van der Waals surface area contributed by atoms with E-state index in [-0.39, 0.29) is 0 Å². The number of hydrogen-bond donors (Lipinski definition) is 1. The quantitative estimate of drug-likeness (QED) is 0.841. The number of rotatable bonds is 5. The maximum atomic E-state index is 5.86. The highest BCUT2D eigenvalue weighted by Gasteiger charge is 2.29. The molecule has 0 amide bonds. The lowest BCUT2D eigenvalue weighted by atomic mass is 9.84. The van der Waals surface area contributed by atoms with Gasteiger partial charge in [0.05, 0.1) is 27.4 Å². The zero-order valence-corrected chi connectivity index (χ0v) is 10.3. The van der Waals surface area contributed by atoms with Gasteiger partial charge < -0.3 is 19.9 Å². The van der Waals surface area contributed by atoms with Gasteiger partial charge in [-0.05, 0) is 24.2 Å². The molecule has 0 aromatic heterocycles. The third-order valence-corrected chi connectivity index (χ3v) is 3.29. The van der Waals surface area contributed by atoms with Gasteiger partial charge in [-0.3, -0.25) is 0 Å². The first-order valence-electron chi connectivity index (χ1n) is 5.79. The van der Waals surface area contributed by atoms with Crippen LogP contribution in [0.25, 0.3) is 0 Å². The fourth-order valence-corrected chi connectivity index (χ4v) is 2.13. The zero-order chi connectivity index (χ0) is 12.3. The Morgan fingerprint density at radius 1 is 1.24 bits per heavy atom. The van der Waals surface area contributed by atoms with Gasteiger partial charge in [-0.1, -0.05) is 0 Å². The largest absolute Gasteiger partial charge is 0.497 e. The molecule has 1 atom stereocenters. The molecule has 0 spiro atoms. The third kappa shape index (κ3) is 2.53. The maximum absolute atomic E-state index is 5.86. The summed E-state index contributed by atoms with van der Waals surface area (Å²) in [6, 6.07) is 5.92. The van der Waals surface area contributed by atoms with Gasteiger partial charge in [-0.15, -0.1) is 0 Å². The van der Waals surface area contributed by atoms with E-state index < -0.39 is 0 Å². The van der Waals surface area contributed by atoms with Crippen LogP contribution in [0.1, 0.15) is 11.5 Å². The molecule has 17 heavy (non-hydrogen) atoms. The van der Waals surface area contributed by atoms with Gasteiger partial charge in [-0.25, -0.2) is 0 Å². The van der Waals surface area contributed by atoms with Crippen molar-refractivity contribution in [3.8, 4) is 11.5 Å². The van der Waals surface area contributed by atoms with Crippen LogP contribution >= 0.6 is 0 Å². The molecule has 2 N–H and O–H groups in total. The van der Waals surface area contributed by atoms with Gasteiger partial charge in [0.25, 0.3) is 0 Å². The highest BCUT2D eigenvalue weighted by molar-refractivity contribution is 5.40. The van der Waals surface area contributed by atoms with Crippen LogP contribution in [0, 0.1) is 5.92 Å². The van der Waals surface area contributed by atoms with Crippen molar-refractivity contribution in [1.29, 1.82) is 0 Å². The summed E-state index contributed by atoms with van der Waals surface area (Å²) in [6.45, 7) is 2.20. The molecule has 94 valence electrons. The Kier molecular flexibility index (Phi) is 3.86. The minimum atomic E-state index is 0.313. The molecule has 2 rings (SSSR count). The predicted octanol–water partition coefficient (Wildman–Crippen LogP) is 1.39. The number of nitrogens with two attached hydrogens (primary N) is 1. The average Bonchev–Trinajstić information content (AvgIpc) is 2.32. The highest BCUT2D eigenvalue weighted by Crippen LogP contribution is 2.33. The van der Waals surface area contributed by atoms with Gasteiger partial charge in [0, 0.05) is 17.9 Å². The fourth-order valence-electron chi connectivity index (χ4n) is 2.13. The van der Waals surface area contributed by atoms with Crippen molar-refractivity contribution >= 4 is 0 Å². The van der Waals surface area contributed by atoms with E-state index in [0.717, 1.165) is 30.3 Å². The van der Waals surface area contributed by atoms with Gasteiger partial charge in [0.15, 0.2) is 0 Å². The Hall–Kier alpha value is -1.26. The monoisotopic (exact) mass is 237 g/mol. The van der Waals surface area contributed by atoms with Gasteiger partial charge in [-0.2, -0.15) is 0 Å². The number of hydrogen-bond acceptors (Lipinski definition) is 4. The molecule has 1 fully saturated rings. The Morgan fingerprint density at radius 2 is 1.82 bits per heavy atom. The summed E-state index contributed by atoms with van der Waals surface area (Å²) in [5, 5.41) is 0. The summed E-state index contributed by atoms with van der Waals surface area (Å²) < 4.78 is 15.8. The van der Waals surface area contributed by atoms with Crippen LogP contribution in [0.15, 0.2) is 18.2 Å². The van der Waals surface area contributed by atoms with Crippen molar-refractivity contribution in [3.05, 3.63) is 23.8 Å². The molecule has 0 aliphatic carbocycles. The van der Waals surface area contributed by atoms with E-state index in [1.165, 1.54) is 0 Å². The SMILES string of the molecule is COc1cc(OC)cc(C(CN)C2COC2)c1. The number of benzene rings is 1. The van der Waals surface area contributed by atoms with Gasteiger partial charge in [0.2, 0.25) is 0 Å². The minimum Gasteiger partial charge on any atom is -0.497 e. The smallest absolute Gasteiger partial charge is 0.122 e.